The highest BCUT2D eigenvalue weighted by atomic mass is 16.6. The summed E-state index contributed by atoms with van der Waals surface area (Å²) >= 11 is 0. The van der Waals surface area contributed by atoms with Gasteiger partial charge in [0.1, 0.15) is 13.2 Å². The Morgan fingerprint density at radius 3 is 0.865 bits per heavy atom. The fraction of sp³-hybridized carbons (Fsp3) is 0.721. The molecule has 0 N–H and O–H groups in total. The van der Waals surface area contributed by atoms with Crippen LogP contribution in [0.1, 0.15) is 297 Å². The van der Waals surface area contributed by atoms with Crippen molar-refractivity contribution in [2.45, 2.75) is 303 Å². The molecule has 0 aromatic rings. The predicted molar refractivity (Wildman–Crippen MR) is 320 cm³/mol. The summed E-state index contributed by atoms with van der Waals surface area (Å²) < 4.78 is 16.9. The third kappa shape index (κ3) is 59.2. The van der Waals surface area contributed by atoms with Crippen LogP contribution in [0, 0.1) is 0 Å². The average Bonchev–Trinajstić information content (AvgIpc) is 3.40. The number of carbonyl (C=O) groups is 3. The Kier molecular flexibility index (Phi) is 58.8. The van der Waals surface area contributed by atoms with Gasteiger partial charge in [-0.1, -0.05) is 253 Å². The van der Waals surface area contributed by atoms with E-state index in [1.165, 1.54) is 148 Å². The van der Waals surface area contributed by atoms with E-state index in [-0.39, 0.29) is 31.1 Å². The highest BCUT2D eigenvalue weighted by Crippen LogP contribution is 2.15. The van der Waals surface area contributed by atoms with Crippen molar-refractivity contribution in [2.24, 2.45) is 0 Å². The molecule has 1 atom stereocenters. The van der Waals surface area contributed by atoms with E-state index < -0.39 is 6.10 Å². The van der Waals surface area contributed by atoms with E-state index in [4.69, 9.17) is 14.2 Å². The smallest absolute Gasteiger partial charge is 0.306 e. The minimum absolute atomic E-state index is 0.0866. The zero-order valence-electron chi connectivity index (χ0n) is 48.6. The van der Waals surface area contributed by atoms with Gasteiger partial charge in [0, 0.05) is 19.3 Å². The van der Waals surface area contributed by atoms with Gasteiger partial charge in [0.05, 0.1) is 0 Å². The van der Waals surface area contributed by atoms with Gasteiger partial charge in [-0.15, -0.1) is 0 Å². The molecule has 0 aromatic carbocycles. The van der Waals surface area contributed by atoms with Crippen molar-refractivity contribution in [1.29, 1.82) is 0 Å². The molecule has 0 aliphatic carbocycles. The summed E-state index contributed by atoms with van der Waals surface area (Å²) in [5, 5.41) is 0. The molecule has 0 spiro atoms. The summed E-state index contributed by atoms with van der Waals surface area (Å²) in [6.07, 6.45) is 82.5. The van der Waals surface area contributed by atoms with Crippen LogP contribution in [-0.2, 0) is 28.6 Å². The van der Waals surface area contributed by atoms with Crippen molar-refractivity contribution in [2.75, 3.05) is 13.2 Å². The fourth-order valence-electron chi connectivity index (χ4n) is 8.61. The SMILES string of the molecule is CC/C=C\C/C=C\C/C=C\C/C=C\C/C=C\CCCCCCCCCC(=O)OCC(COC(=O)CCCCCCC/C=C\CCCCCCC)OC(=O)CCCCCCCCCCC/C=C\C/C=C\CCCCC. The molecule has 0 fully saturated rings. The number of unbranched alkanes of at least 4 members (excludes halogenated alkanes) is 29. The number of ether oxygens (including phenoxy) is 3. The van der Waals surface area contributed by atoms with Crippen LogP contribution in [0.4, 0.5) is 0 Å². The summed E-state index contributed by atoms with van der Waals surface area (Å²) in [6.45, 7) is 6.49. The van der Waals surface area contributed by atoms with Gasteiger partial charge in [-0.2, -0.15) is 0 Å². The van der Waals surface area contributed by atoms with E-state index in [9.17, 15) is 14.4 Å². The molecule has 424 valence electrons. The van der Waals surface area contributed by atoms with E-state index >= 15 is 0 Å². The summed E-state index contributed by atoms with van der Waals surface area (Å²) in [7, 11) is 0. The molecule has 6 nitrogen and oxygen atoms in total. The number of rotatable bonds is 56. The second kappa shape index (κ2) is 61.9. The maximum absolute atomic E-state index is 12.9. The van der Waals surface area contributed by atoms with Gasteiger partial charge in [-0.05, 0) is 122 Å². The molecule has 6 heteroatoms. The number of allylic oxidation sites excluding steroid dienone is 16. The van der Waals surface area contributed by atoms with Crippen molar-refractivity contribution in [3.05, 3.63) is 97.2 Å². The second-order valence-corrected chi connectivity index (χ2v) is 20.6. The molecule has 0 rings (SSSR count). The lowest BCUT2D eigenvalue weighted by molar-refractivity contribution is -0.167. The largest absolute Gasteiger partial charge is 0.462 e. The lowest BCUT2D eigenvalue weighted by atomic mass is 10.1. The number of hydrogen-bond acceptors (Lipinski definition) is 6. The molecule has 0 radical (unpaired) electrons. The lowest BCUT2D eigenvalue weighted by Gasteiger charge is -2.18. The Balaban J connectivity index is 4.39. The van der Waals surface area contributed by atoms with Crippen molar-refractivity contribution in [1.82, 2.24) is 0 Å². The number of hydrogen-bond donors (Lipinski definition) is 0. The Labute approximate surface area is 457 Å². The van der Waals surface area contributed by atoms with Crippen LogP contribution >= 0.6 is 0 Å². The highest BCUT2D eigenvalue weighted by molar-refractivity contribution is 5.71. The molecule has 0 aliphatic rings. The molecule has 0 bridgehead atoms. The third-order valence-corrected chi connectivity index (χ3v) is 13.3. The summed E-state index contributed by atoms with van der Waals surface area (Å²) in [6, 6.07) is 0. The molecule has 0 aliphatic heterocycles. The molecular formula is C68H116O6. The van der Waals surface area contributed by atoms with Crippen LogP contribution in [-0.4, -0.2) is 37.2 Å². The van der Waals surface area contributed by atoms with Crippen LogP contribution in [0.3, 0.4) is 0 Å². The minimum atomic E-state index is -0.790. The molecule has 74 heavy (non-hydrogen) atoms. The van der Waals surface area contributed by atoms with E-state index in [2.05, 4.69) is 118 Å². The number of carbonyl (C=O) groups excluding carboxylic acids is 3. The molecule has 0 saturated heterocycles. The zero-order valence-corrected chi connectivity index (χ0v) is 48.6. The van der Waals surface area contributed by atoms with Gasteiger partial charge in [0.2, 0.25) is 0 Å². The number of esters is 3. The Bertz CT molecular complexity index is 1460. The highest BCUT2D eigenvalue weighted by Gasteiger charge is 2.19. The van der Waals surface area contributed by atoms with E-state index in [1.54, 1.807) is 0 Å². The Morgan fingerprint density at radius 1 is 0.284 bits per heavy atom. The summed E-state index contributed by atoms with van der Waals surface area (Å²) in [5.41, 5.74) is 0. The minimum Gasteiger partial charge on any atom is -0.462 e. The lowest BCUT2D eigenvalue weighted by Crippen LogP contribution is -2.30. The van der Waals surface area contributed by atoms with Gasteiger partial charge in [0.25, 0.3) is 0 Å². The predicted octanol–water partition coefficient (Wildman–Crippen LogP) is 21.3. The first-order valence-corrected chi connectivity index (χ1v) is 31.2. The van der Waals surface area contributed by atoms with E-state index in [0.29, 0.717) is 19.3 Å². The van der Waals surface area contributed by atoms with Crippen LogP contribution in [0.2, 0.25) is 0 Å². The average molecular weight is 1030 g/mol. The van der Waals surface area contributed by atoms with E-state index in [1.807, 2.05) is 0 Å². The molecule has 0 saturated carbocycles. The molecule has 0 heterocycles. The quantitative estimate of drug-likeness (QED) is 0.0261. The summed E-state index contributed by atoms with van der Waals surface area (Å²) in [5.74, 6) is -0.902. The maximum atomic E-state index is 12.9. The normalized spacial score (nSPS) is 12.7. The topological polar surface area (TPSA) is 78.9 Å². The van der Waals surface area contributed by atoms with Crippen LogP contribution in [0.25, 0.3) is 0 Å². The fourth-order valence-corrected chi connectivity index (χ4v) is 8.61. The second-order valence-electron chi connectivity index (χ2n) is 20.6. The van der Waals surface area contributed by atoms with Gasteiger partial charge in [0.15, 0.2) is 6.10 Å². The van der Waals surface area contributed by atoms with Gasteiger partial charge in [-0.25, -0.2) is 0 Å². The third-order valence-electron chi connectivity index (χ3n) is 13.3. The molecule has 1 unspecified atom stereocenters. The first-order valence-electron chi connectivity index (χ1n) is 31.2. The zero-order chi connectivity index (χ0) is 53.6. The van der Waals surface area contributed by atoms with Crippen LogP contribution < -0.4 is 0 Å². The Morgan fingerprint density at radius 2 is 0.527 bits per heavy atom. The van der Waals surface area contributed by atoms with Crippen molar-refractivity contribution in [3.8, 4) is 0 Å². The van der Waals surface area contributed by atoms with E-state index in [0.717, 1.165) is 109 Å². The van der Waals surface area contributed by atoms with Crippen molar-refractivity contribution >= 4 is 17.9 Å². The monoisotopic (exact) mass is 1030 g/mol. The first-order chi connectivity index (χ1) is 36.5. The molecular weight excluding hydrogens is 913 g/mol. The Hall–Kier alpha value is -3.67. The van der Waals surface area contributed by atoms with Gasteiger partial charge < -0.3 is 14.2 Å². The van der Waals surface area contributed by atoms with Gasteiger partial charge in [-0.3, -0.25) is 14.4 Å². The first kappa shape index (κ1) is 70.3. The van der Waals surface area contributed by atoms with Crippen molar-refractivity contribution in [3.63, 3.8) is 0 Å². The van der Waals surface area contributed by atoms with Crippen molar-refractivity contribution < 1.29 is 28.6 Å². The summed E-state index contributed by atoms with van der Waals surface area (Å²) in [4.78, 5) is 38.3. The van der Waals surface area contributed by atoms with Crippen LogP contribution in [0.15, 0.2) is 97.2 Å². The maximum Gasteiger partial charge on any atom is 0.306 e. The molecule has 0 amide bonds. The van der Waals surface area contributed by atoms with Crippen LogP contribution in [0.5, 0.6) is 0 Å². The molecule has 0 aromatic heterocycles. The van der Waals surface area contributed by atoms with Gasteiger partial charge >= 0.3 is 17.9 Å². The standard InChI is InChI=1S/C68H116O6/c1-4-7-10-13-16-19-22-25-28-30-32-33-34-35-37-38-40-43-46-49-52-55-58-61-67(70)73-64-65(63-72-66(69)60-57-54-51-48-45-42-27-24-21-18-15-12-9-6-3)74-68(71)62-59-56-53-50-47-44-41-39-36-31-29-26-23-20-17-14-11-8-5-2/h7,10,16-17,19-20,24-29,32-33,35,37,65H,4-6,8-9,11-15,18,21-23,30-31,34,36,38-64H2,1-3H3/b10-7-,19-16-,20-17-,27-24-,28-25-,29-26-,33-32-,37-35-.